The number of amides is 1. The van der Waals surface area contributed by atoms with E-state index in [9.17, 15) is 4.79 Å². The quantitative estimate of drug-likeness (QED) is 0.389. The summed E-state index contributed by atoms with van der Waals surface area (Å²) < 4.78 is 0. The molecule has 0 N–H and O–H groups in total. The van der Waals surface area contributed by atoms with Gasteiger partial charge in [-0.25, -0.2) is 0 Å². The van der Waals surface area contributed by atoms with Gasteiger partial charge in [0, 0.05) is 6.92 Å². The molecule has 7 heavy (non-hydrogen) atoms. The van der Waals surface area contributed by atoms with Gasteiger partial charge in [-0.15, -0.1) is 0 Å². The fourth-order valence-corrected chi connectivity index (χ4v) is 1.06. The molecule has 1 saturated heterocycles. The summed E-state index contributed by atoms with van der Waals surface area (Å²) in [5.41, 5.74) is 0. The molecule has 2 nitrogen and oxygen atoms in total. The summed E-state index contributed by atoms with van der Waals surface area (Å²) in [5.74, 6) is 0.251. The Hall–Kier alpha value is -0.530. The SMILES string of the molecule is CC(=O)N1C2CC21. The van der Waals surface area contributed by atoms with Gasteiger partial charge in [-0.2, -0.15) is 0 Å². The van der Waals surface area contributed by atoms with E-state index in [1.165, 1.54) is 6.42 Å². The van der Waals surface area contributed by atoms with Crippen LogP contribution in [0.1, 0.15) is 13.3 Å². The molecule has 2 fully saturated rings. The van der Waals surface area contributed by atoms with E-state index < -0.39 is 0 Å². The summed E-state index contributed by atoms with van der Waals surface area (Å²) in [7, 11) is 0. The number of hydrogen-bond donors (Lipinski definition) is 0. The third kappa shape index (κ3) is 0.275. The van der Waals surface area contributed by atoms with Crippen molar-refractivity contribution in [2.75, 3.05) is 0 Å². The molecule has 0 aromatic carbocycles. The van der Waals surface area contributed by atoms with Crippen LogP contribution in [0.5, 0.6) is 0 Å². The molecular formula is C5H7NO. The van der Waals surface area contributed by atoms with Crippen LogP contribution in [0, 0.1) is 0 Å². The van der Waals surface area contributed by atoms with Crippen molar-refractivity contribution in [3.05, 3.63) is 0 Å². The van der Waals surface area contributed by atoms with Crippen molar-refractivity contribution in [1.82, 2.24) is 4.90 Å². The molecule has 0 spiro atoms. The zero-order chi connectivity index (χ0) is 5.02. The number of carbonyl (C=O) groups is 1. The number of nitrogens with zero attached hydrogens (tertiary/aromatic N) is 1. The number of likely N-dealkylation sites (tertiary alicyclic amines) is 1. The second-order valence-electron chi connectivity index (χ2n) is 2.30. The van der Waals surface area contributed by atoms with Crippen LogP contribution in [0.2, 0.25) is 0 Å². The van der Waals surface area contributed by atoms with Gasteiger partial charge < -0.3 is 4.90 Å². The lowest BCUT2D eigenvalue weighted by atomic mass is 10.6. The normalized spacial score (nSPS) is 42.7. The summed E-state index contributed by atoms with van der Waals surface area (Å²) in [6.45, 7) is 1.63. The minimum Gasteiger partial charge on any atom is -0.333 e. The highest BCUT2D eigenvalue weighted by Crippen LogP contribution is 2.50. The maximum atomic E-state index is 10.4. The molecule has 0 bridgehead atoms. The molecule has 2 unspecified atom stereocenters. The minimum absolute atomic E-state index is 0.251. The van der Waals surface area contributed by atoms with Crippen molar-refractivity contribution in [3.8, 4) is 0 Å². The first-order chi connectivity index (χ1) is 3.30. The lowest BCUT2D eigenvalue weighted by Crippen LogP contribution is -2.14. The van der Waals surface area contributed by atoms with Crippen LogP contribution in [-0.4, -0.2) is 22.9 Å². The topological polar surface area (TPSA) is 20.1 Å². The number of carbonyl (C=O) groups excluding carboxylic acids is 1. The molecule has 2 aliphatic rings. The van der Waals surface area contributed by atoms with Gasteiger partial charge in [0.15, 0.2) is 0 Å². The van der Waals surface area contributed by atoms with E-state index >= 15 is 0 Å². The Kier molecular flexibility index (Phi) is 0.348. The molecule has 0 radical (unpaired) electrons. The molecule has 1 amide bonds. The highest BCUT2D eigenvalue weighted by molar-refractivity contribution is 5.79. The van der Waals surface area contributed by atoms with Gasteiger partial charge in [0.05, 0.1) is 12.1 Å². The predicted octanol–water partition coefficient (Wildman–Crippen LogP) is -0.0106. The van der Waals surface area contributed by atoms with E-state index in [0.717, 1.165) is 0 Å². The number of hydrogen-bond acceptors (Lipinski definition) is 1. The standard InChI is InChI=1S/C5H7NO/c1-3(7)6-4-2-5(4)6/h4-5H,2H2,1H3. The Morgan fingerprint density at radius 3 is 2.29 bits per heavy atom. The molecule has 38 valence electrons. The van der Waals surface area contributed by atoms with E-state index in [-0.39, 0.29) is 5.91 Å². The summed E-state index contributed by atoms with van der Waals surface area (Å²) in [6, 6.07) is 1.38. The molecule has 2 heteroatoms. The summed E-state index contributed by atoms with van der Waals surface area (Å²) in [6.07, 6.45) is 1.28. The van der Waals surface area contributed by atoms with Crippen LogP contribution in [0.25, 0.3) is 0 Å². The third-order valence-corrected chi connectivity index (χ3v) is 1.71. The Labute approximate surface area is 42.1 Å². The fraction of sp³-hybridized carbons (Fsp3) is 0.800. The number of fused-ring (bicyclic) bond motifs is 1. The largest absolute Gasteiger partial charge is 0.333 e. The maximum Gasteiger partial charge on any atom is 0.220 e. The zero-order valence-corrected chi connectivity index (χ0v) is 4.22. The number of rotatable bonds is 0. The van der Waals surface area contributed by atoms with Gasteiger partial charge in [-0.05, 0) is 6.42 Å². The van der Waals surface area contributed by atoms with E-state index in [0.29, 0.717) is 12.1 Å². The average molecular weight is 97.1 g/mol. The molecule has 2 rings (SSSR count). The first kappa shape index (κ1) is 3.47. The van der Waals surface area contributed by atoms with E-state index in [4.69, 9.17) is 0 Å². The average Bonchev–Trinajstić information content (AvgIpc) is 2.02. The van der Waals surface area contributed by atoms with Gasteiger partial charge in [0.25, 0.3) is 0 Å². The summed E-state index contributed by atoms with van der Waals surface area (Å²) >= 11 is 0. The van der Waals surface area contributed by atoms with Crippen molar-refractivity contribution in [2.24, 2.45) is 0 Å². The molecular weight excluding hydrogens is 90.1 g/mol. The van der Waals surface area contributed by atoms with Crippen LogP contribution in [0.3, 0.4) is 0 Å². The fourth-order valence-electron chi connectivity index (χ4n) is 1.06. The Morgan fingerprint density at radius 2 is 2.29 bits per heavy atom. The second-order valence-corrected chi connectivity index (χ2v) is 2.30. The van der Waals surface area contributed by atoms with Crippen molar-refractivity contribution in [2.45, 2.75) is 25.4 Å². The van der Waals surface area contributed by atoms with Crippen molar-refractivity contribution in [1.29, 1.82) is 0 Å². The molecule has 1 aliphatic heterocycles. The van der Waals surface area contributed by atoms with Crippen LogP contribution < -0.4 is 0 Å². The van der Waals surface area contributed by atoms with E-state index in [1.807, 2.05) is 4.90 Å². The Morgan fingerprint density at radius 1 is 1.71 bits per heavy atom. The van der Waals surface area contributed by atoms with Crippen molar-refractivity contribution >= 4 is 5.91 Å². The molecule has 1 heterocycles. The summed E-state index contributed by atoms with van der Waals surface area (Å²) in [5, 5.41) is 0. The van der Waals surface area contributed by atoms with Crippen LogP contribution >= 0.6 is 0 Å². The van der Waals surface area contributed by atoms with Gasteiger partial charge >= 0.3 is 0 Å². The predicted molar refractivity (Wildman–Crippen MR) is 24.7 cm³/mol. The molecule has 2 atom stereocenters. The maximum absolute atomic E-state index is 10.4. The van der Waals surface area contributed by atoms with Crippen molar-refractivity contribution < 1.29 is 4.79 Å². The van der Waals surface area contributed by atoms with Crippen molar-refractivity contribution in [3.63, 3.8) is 0 Å². The van der Waals surface area contributed by atoms with E-state index in [2.05, 4.69) is 0 Å². The van der Waals surface area contributed by atoms with E-state index in [1.54, 1.807) is 6.92 Å². The second kappa shape index (κ2) is 0.703. The Balaban J connectivity index is 2.02. The molecule has 0 aromatic heterocycles. The monoisotopic (exact) mass is 97.1 g/mol. The molecule has 1 aliphatic carbocycles. The molecule has 1 saturated carbocycles. The van der Waals surface area contributed by atoms with Gasteiger partial charge in [0.2, 0.25) is 5.91 Å². The van der Waals surface area contributed by atoms with Gasteiger partial charge in [-0.3, -0.25) is 4.79 Å². The Bertz CT molecular complexity index is 124. The highest BCUT2D eigenvalue weighted by atomic mass is 16.2. The van der Waals surface area contributed by atoms with Crippen LogP contribution in [0.4, 0.5) is 0 Å². The minimum atomic E-state index is 0.251. The highest BCUT2D eigenvalue weighted by Gasteiger charge is 2.64. The van der Waals surface area contributed by atoms with Gasteiger partial charge in [0.1, 0.15) is 0 Å². The summed E-state index contributed by atoms with van der Waals surface area (Å²) in [4.78, 5) is 12.3. The smallest absolute Gasteiger partial charge is 0.220 e. The van der Waals surface area contributed by atoms with Gasteiger partial charge in [-0.1, -0.05) is 0 Å². The lowest BCUT2D eigenvalue weighted by Gasteiger charge is -2.00. The molecule has 0 aromatic rings. The first-order valence-electron chi connectivity index (χ1n) is 2.59. The zero-order valence-electron chi connectivity index (χ0n) is 4.22. The van der Waals surface area contributed by atoms with Crippen LogP contribution in [0.15, 0.2) is 0 Å². The van der Waals surface area contributed by atoms with Crippen LogP contribution in [-0.2, 0) is 4.79 Å². The third-order valence-electron chi connectivity index (χ3n) is 1.71. The lowest BCUT2D eigenvalue weighted by molar-refractivity contribution is -0.125. The first-order valence-corrected chi connectivity index (χ1v) is 2.59.